The number of benzene rings is 1. The van der Waals surface area contributed by atoms with Gasteiger partial charge < -0.3 is 9.72 Å². The van der Waals surface area contributed by atoms with Crippen LogP contribution in [-0.4, -0.2) is 21.6 Å². The second-order valence-electron chi connectivity index (χ2n) is 3.18. The first-order valence-corrected chi connectivity index (χ1v) is 5.29. The highest BCUT2D eigenvalue weighted by Gasteiger charge is 2.05. The smallest absolute Gasteiger partial charge is 0.167 e. The fraction of sp³-hybridized carbons (Fsp3) is 0.273. The van der Waals surface area contributed by atoms with Gasteiger partial charge in [-0.3, -0.25) is 0 Å². The number of fused-ring (bicyclic) bond motifs is 1. The Morgan fingerprint density at radius 3 is 3.00 bits per heavy atom. The first-order chi connectivity index (χ1) is 7.29. The van der Waals surface area contributed by atoms with Gasteiger partial charge in [0.2, 0.25) is 0 Å². The third-order valence-corrected chi connectivity index (χ3v) is 2.32. The summed E-state index contributed by atoms with van der Waals surface area (Å²) in [5.41, 5.74) is 2.00. The van der Waals surface area contributed by atoms with Crippen molar-refractivity contribution in [3.05, 3.63) is 30.1 Å². The Bertz CT molecular complexity index is 445. The number of nitrogens with one attached hydrogen (secondary N) is 1. The molecule has 2 aromatic rings. The molecule has 0 fully saturated rings. The molecule has 0 aliphatic rings. The highest BCUT2D eigenvalue weighted by Crippen LogP contribution is 2.10. The molecule has 0 amide bonds. The van der Waals surface area contributed by atoms with Crippen molar-refractivity contribution < 1.29 is 4.74 Å². The number of imidazole rings is 1. The first-order valence-electron chi connectivity index (χ1n) is 4.89. The summed E-state index contributed by atoms with van der Waals surface area (Å²) < 4.78 is 5.21. The molecule has 1 aromatic carbocycles. The van der Waals surface area contributed by atoms with Crippen molar-refractivity contribution >= 4 is 28.3 Å². The molecule has 0 atom stereocenters. The van der Waals surface area contributed by atoms with E-state index in [0.29, 0.717) is 18.1 Å². The van der Waals surface area contributed by atoms with Crippen LogP contribution >= 0.6 is 12.2 Å². The highest BCUT2D eigenvalue weighted by molar-refractivity contribution is 7.80. The minimum Gasteiger partial charge on any atom is -0.487 e. The molecule has 0 saturated heterocycles. The van der Waals surface area contributed by atoms with Crippen LogP contribution < -0.4 is 0 Å². The Hall–Kier alpha value is -1.42. The third kappa shape index (κ3) is 2.33. The SMILES string of the molecule is CCOC(=S)Cc1nc2ccccc2[nH]1. The van der Waals surface area contributed by atoms with Crippen molar-refractivity contribution in [2.75, 3.05) is 6.61 Å². The fourth-order valence-electron chi connectivity index (χ4n) is 1.44. The van der Waals surface area contributed by atoms with Crippen LogP contribution in [0.3, 0.4) is 0 Å². The van der Waals surface area contributed by atoms with E-state index in [9.17, 15) is 0 Å². The number of H-pyrrole nitrogens is 1. The first kappa shape index (κ1) is 10.1. The highest BCUT2D eigenvalue weighted by atomic mass is 32.1. The normalized spacial score (nSPS) is 10.5. The van der Waals surface area contributed by atoms with Crippen molar-refractivity contribution in [3.8, 4) is 0 Å². The van der Waals surface area contributed by atoms with Crippen LogP contribution in [0, 0.1) is 0 Å². The molecular formula is C11H12N2OS. The molecule has 0 spiro atoms. The molecule has 0 aliphatic heterocycles. The predicted molar refractivity (Wildman–Crippen MR) is 64.0 cm³/mol. The number of aromatic nitrogens is 2. The third-order valence-electron chi connectivity index (χ3n) is 2.06. The van der Waals surface area contributed by atoms with Crippen molar-refractivity contribution in [1.82, 2.24) is 9.97 Å². The number of hydrogen-bond donors (Lipinski definition) is 1. The minimum atomic E-state index is 0.567. The maximum Gasteiger partial charge on any atom is 0.167 e. The second kappa shape index (κ2) is 4.40. The summed E-state index contributed by atoms with van der Waals surface area (Å²) in [7, 11) is 0. The lowest BCUT2D eigenvalue weighted by Gasteiger charge is -2.01. The van der Waals surface area contributed by atoms with Gasteiger partial charge in [-0.2, -0.15) is 0 Å². The van der Waals surface area contributed by atoms with E-state index >= 15 is 0 Å². The van der Waals surface area contributed by atoms with Gasteiger partial charge in [-0.15, -0.1) is 0 Å². The van der Waals surface area contributed by atoms with Crippen molar-refractivity contribution in [2.45, 2.75) is 13.3 Å². The Kier molecular flexibility index (Phi) is 2.97. The van der Waals surface area contributed by atoms with Crippen LogP contribution in [0.5, 0.6) is 0 Å². The van der Waals surface area contributed by atoms with Crippen molar-refractivity contribution in [3.63, 3.8) is 0 Å². The number of para-hydroxylation sites is 2. The lowest BCUT2D eigenvalue weighted by atomic mass is 10.3. The second-order valence-corrected chi connectivity index (χ2v) is 3.64. The maximum absolute atomic E-state index is 5.21. The summed E-state index contributed by atoms with van der Waals surface area (Å²) in [6.45, 7) is 2.53. The van der Waals surface area contributed by atoms with Crippen LogP contribution in [0.1, 0.15) is 12.7 Å². The largest absolute Gasteiger partial charge is 0.487 e. The molecule has 15 heavy (non-hydrogen) atoms. The lowest BCUT2D eigenvalue weighted by molar-refractivity contribution is 0.329. The summed E-state index contributed by atoms with van der Waals surface area (Å²) in [6, 6.07) is 7.91. The molecule has 4 heteroatoms. The molecule has 1 N–H and O–H groups in total. The Morgan fingerprint density at radius 1 is 1.47 bits per heavy atom. The lowest BCUT2D eigenvalue weighted by Crippen LogP contribution is -2.06. The van der Waals surface area contributed by atoms with Gasteiger partial charge in [-0.1, -0.05) is 12.1 Å². The van der Waals surface area contributed by atoms with Crippen molar-refractivity contribution in [1.29, 1.82) is 0 Å². The molecule has 1 aromatic heterocycles. The Morgan fingerprint density at radius 2 is 2.27 bits per heavy atom. The fourth-order valence-corrected chi connectivity index (χ4v) is 1.69. The standard InChI is InChI=1S/C11H12N2OS/c1-2-14-11(15)7-10-12-8-5-3-4-6-9(8)13-10/h3-6H,2,7H2,1H3,(H,12,13). The van der Waals surface area contributed by atoms with Gasteiger partial charge in [0.05, 0.1) is 24.1 Å². The van der Waals surface area contributed by atoms with E-state index in [4.69, 9.17) is 17.0 Å². The van der Waals surface area contributed by atoms with Crippen LogP contribution in [0.4, 0.5) is 0 Å². The summed E-state index contributed by atoms with van der Waals surface area (Å²) >= 11 is 5.06. The number of hydrogen-bond acceptors (Lipinski definition) is 3. The van der Waals surface area contributed by atoms with Crippen LogP contribution in [0.25, 0.3) is 11.0 Å². The topological polar surface area (TPSA) is 37.9 Å². The van der Waals surface area contributed by atoms with E-state index in [1.165, 1.54) is 0 Å². The number of rotatable bonds is 3. The van der Waals surface area contributed by atoms with Gasteiger partial charge >= 0.3 is 0 Å². The molecule has 0 unspecified atom stereocenters. The summed E-state index contributed by atoms with van der Waals surface area (Å²) in [4.78, 5) is 7.62. The zero-order valence-electron chi connectivity index (χ0n) is 8.49. The zero-order chi connectivity index (χ0) is 10.7. The molecule has 1 heterocycles. The van der Waals surface area contributed by atoms with Gasteiger partial charge in [0.1, 0.15) is 5.82 Å². The summed E-state index contributed by atoms with van der Waals surface area (Å²) in [5.74, 6) is 0.856. The molecule has 0 saturated carbocycles. The molecular weight excluding hydrogens is 208 g/mol. The number of aromatic amines is 1. The monoisotopic (exact) mass is 220 g/mol. The average molecular weight is 220 g/mol. The molecule has 3 nitrogen and oxygen atoms in total. The average Bonchev–Trinajstić information content (AvgIpc) is 2.59. The van der Waals surface area contributed by atoms with Gasteiger partial charge in [-0.25, -0.2) is 4.98 Å². The molecule has 2 rings (SSSR count). The molecule has 78 valence electrons. The van der Waals surface area contributed by atoms with Crippen LogP contribution in [0.2, 0.25) is 0 Å². The molecule has 0 aliphatic carbocycles. The summed E-state index contributed by atoms with van der Waals surface area (Å²) in [6.07, 6.45) is 0.567. The van der Waals surface area contributed by atoms with Crippen LogP contribution in [0.15, 0.2) is 24.3 Å². The van der Waals surface area contributed by atoms with Gasteiger partial charge in [0.25, 0.3) is 0 Å². The quantitative estimate of drug-likeness (QED) is 0.807. The number of ether oxygens (including phenoxy) is 1. The summed E-state index contributed by atoms with van der Waals surface area (Å²) in [5, 5.41) is 0.580. The Labute approximate surface area is 93.5 Å². The van der Waals surface area contributed by atoms with Gasteiger partial charge in [0.15, 0.2) is 5.05 Å². The van der Waals surface area contributed by atoms with Crippen molar-refractivity contribution in [2.24, 2.45) is 0 Å². The Balaban J connectivity index is 2.18. The maximum atomic E-state index is 5.21. The minimum absolute atomic E-state index is 0.567. The van der Waals surface area contributed by atoms with Gasteiger partial charge in [-0.05, 0) is 31.3 Å². The molecule has 0 bridgehead atoms. The van der Waals surface area contributed by atoms with Crippen LogP contribution in [-0.2, 0) is 11.2 Å². The zero-order valence-corrected chi connectivity index (χ0v) is 9.30. The molecule has 0 radical (unpaired) electrons. The van der Waals surface area contributed by atoms with E-state index in [1.807, 2.05) is 31.2 Å². The van der Waals surface area contributed by atoms with E-state index in [-0.39, 0.29) is 0 Å². The van der Waals surface area contributed by atoms with E-state index in [2.05, 4.69) is 9.97 Å². The van der Waals surface area contributed by atoms with E-state index < -0.39 is 0 Å². The predicted octanol–water partition coefficient (Wildman–Crippen LogP) is 2.47. The van der Waals surface area contributed by atoms with E-state index in [0.717, 1.165) is 16.9 Å². The van der Waals surface area contributed by atoms with Gasteiger partial charge in [0, 0.05) is 0 Å². The number of thiocarbonyl (C=S) groups is 1. The van der Waals surface area contributed by atoms with E-state index in [1.54, 1.807) is 0 Å². The number of nitrogens with zero attached hydrogens (tertiary/aromatic N) is 1.